The molecule has 0 radical (unpaired) electrons. The molecule has 0 aliphatic rings. The molecular formula is C17H23NO4. The Hall–Kier alpha value is -2.30. The van der Waals surface area contributed by atoms with E-state index in [2.05, 4.69) is 0 Å². The van der Waals surface area contributed by atoms with E-state index in [9.17, 15) is 9.59 Å². The third-order valence-electron chi connectivity index (χ3n) is 3.10. The third-order valence-corrected chi connectivity index (χ3v) is 3.10. The van der Waals surface area contributed by atoms with Crippen LogP contribution in [0.5, 0.6) is 5.75 Å². The van der Waals surface area contributed by atoms with Gasteiger partial charge in [0.15, 0.2) is 0 Å². The largest absolute Gasteiger partial charge is 0.497 e. The second-order valence-corrected chi connectivity index (χ2v) is 4.58. The van der Waals surface area contributed by atoms with E-state index in [1.165, 1.54) is 6.08 Å². The van der Waals surface area contributed by atoms with Gasteiger partial charge in [-0.05, 0) is 37.6 Å². The molecular weight excluding hydrogens is 282 g/mol. The number of rotatable bonds is 8. The molecule has 0 atom stereocenters. The standard InChI is InChI=1S/C17H23NO4/c1-4-18(12-11-17(20)22-5-2)16(19)10-9-14-7-6-8-15(13-14)21-3/h6-10,13H,4-5,11-12H2,1-3H3/b10-9+. The van der Waals surface area contributed by atoms with Crippen molar-refractivity contribution in [3.8, 4) is 5.75 Å². The average Bonchev–Trinajstić information content (AvgIpc) is 2.54. The van der Waals surface area contributed by atoms with Crippen LogP contribution in [0.4, 0.5) is 0 Å². The Morgan fingerprint density at radius 2 is 2.05 bits per heavy atom. The van der Waals surface area contributed by atoms with Crippen LogP contribution in [0.1, 0.15) is 25.8 Å². The van der Waals surface area contributed by atoms with Gasteiger partial charge in [0.25, 0.3) is 0 Å². The second kappa shape index (κ2) is 9.60. The van der Waals surface area contributed by atoms with Crippen LogP contribution in [0.3, 0.4) is 0 Å². The lowest BCUT2D eigenvalue weighted by atomic mass is 10.2. The van der Waals surface area contributed by atoms with Crippen LogP contribution in [0.25, 0.3) is 6.08 Å². The normalized spacial score (nSPS) is 10.5. The lowest BCUT2D eigenvalue weighted by Crippen LogP contribution is -2.31. The molecule has 5 nitrogen and oxygen atoms in total. The van der Waals surface area contributed by atoms with Crippen LogP contribution in [0, 0.1) is 0 Å². The monoisotopic (exact) mass is 305 g/mol. The van der Waals surface area contributed by atoms with Gasteiger partial charge in [-0.2, -0.15) is 0 Å². The van der Waals surface area contributed by atoms with Crippen LogP contribution in [0.15, 0.2) is 30.3 Å². The highest BCUT2D eigenvalue weighted by atomic mass is 16.5. The van der Waals surface area contributed by atoms with Gasteiger partial charge in [0, 0.05) is 19.2 Å². The molecule has 0 N–H and O–H groups in total. The van der Waals surface area contributed by atoms with Crippen LogP contribution in [-0.4, -0.2) is 43.6 Å². The van der Waals surface area contributed by atoms with E-state index in [4.69, 9.17) is 9.47 Å². The van der Waals surface area contributed by atoms with Gasteiger partial charge in [-0.3, -0.25) is 9.59 Å². The number of benzene rings is 1. The number of amides is 1. The van der Waals surface area contributed by atoms with Gasteiger partial charge in [0.1, 0.15) is 5.75 Å². The van der Waals surface area contributed by atoms with Crippen molar-refractivity contribution in [1.29, 1.82) is 0 Å². The minimum atomic E-state index is -0.287. The van der Waals surface area contributed by atoms with E-state index in [0.717, 1.165) is 11.3 Å². The van der Waals surface area contributed by atoms with Gasteiger partial charge in [0.2, 0.25) is 5.91 Å². The third kappa shape index (κ3) is 5.99. The smallest absolute Gasteiger partial charge is 0.307 e. The molecule has 0 spiro atoms. The summed E-state index contributed by atoms with van der Waals surface area (Å²) in [6, 6.07) is 7.44. The maximum absolute atomic E-state index is 12.1. The van der Waals surface area contributed by atoms with Crippen molar-refractivity contribution in [2.24, 2.45) is 0 Å². The van der Waals surface area contributed by atoms with E-state index in [1.807, 2.05) is 31.2 Å². The van der Waals surface area contributed by atoms with Gasteiger partial charge in [-0.15, -0.1) is 0 Å². The van der Waals surface area contributed by atoms with Crippen molar-refractivity contribution >= 4 is 18.0 Å². The lowest BCUT2D eigenvalue weighted by Gasteiger charge is -2.18. The number of hydrogen-bond acceptors (Lipinski definition) is 4. The summed E-state index contributed by atoms with van der Waals surface area (Å²) >= 11 is 0. The average molecular weight is 305 g/mol. The first-order valence-electron chi connectivity index (χ1n) is 7.37. The highest BCUT2D eigenvalue weighted by molar-refractivity contribution is 5.92. The maximum atomic E-state index is 12.1. The summed E-state index contributed by atoms with van der Waals surface area (Å²) in [5.74, 6) is 0.324. The summed E-state index contributed by atoms with van der Waals surface area (Å²) in [5, 5.41) is 0. The van der Waals surface area contributed by atoms with Gasteiger partial charge in [-0.25, -0.2) is 0 Å². The molecule has 0 heterocycles. The maximum Gasteiger partial charge on any atom is 0.307 e. The van der Waals surface area contributed by atoms with Crippen molar-refractivity contribution < 1.29 is 19.1 Å². The van der Waals surface area contributed by atoms with Gasteiger partial charge >= 0.3 is 5.97 Å². The highest BCUT2D eigenvalue weighted by Gasteiger charge is 2.11. The van der Waals surface area contributed by atoms with Crippen molar-refractivity contribution in [2.45, 2.75) is 20.3 Å². The fraction of sp³-hybridized carbons (Fsp3) is 0.412. The van der Waals surface area contributed by atoms with E-state index >= 15 is 0 Å². The molecule has 0 aliphatic heterocycles. The van der Waals surface area contributed by atoms with Crippen molar-refractivity contribution in [2.75, 3.05) is 26.8 Å². The summed E-state index contributed by atoms with van der Waals surface area (Å²) in [6.07, 6.45) is 3.45. The number of nitrogens with zero attached hydrogens (tertiary/aromatic N) is 1. The molecule has 0 aliphatic carbocycles. The quantitative estimate of drug-likeness (QED) is 0.547. The summed E-state index contributed by atoms with van der Waals surface area (Å²) in [7, 11) is 1.60. The summed E-state index contributed by atoms with van der Waals surface area (Å²) in [4.78, 5) is 25.1. The summed E-state index contributed by atoms with van der Waals surface area (Å²) in [5.41, 5.74) is 0.883. The van der Waals surface area contributed by atoms with Gasteiger partial charge < -0.3 is 14.4 Å². The zero-order chi connectivity index (χ0) is 16.4. The Morgan fingerprint density at radius 3 is 2.68 bits per heavy atom. The summed E-state index contributed by atoms with van der Waals surface area (Å²) < 4.78 is 10.0. The Balaban J connectivity index is 2.59. The number of carbonyl (C=O) groups excluding carboxylic acids is 2. The minimum Gasteiger partial charge on any atom is -0.497 e. The van der Waals surface area contributed by atoms with Crippen LogP contribution < -0.4 is 4.74 Å². The fourth-order valence-corrected chi connectivity index (χ4v) is 1.90. The van der Waals surface area contributed by atoms with E-state index < -0.39 is 0 Å². The Labute approximate surface area is 131 Å². The zero-order valence-corrected chi connectivity index (χ0v) is 13.4. The molecule has 0 aromatic heterocycles. The highest BCUT2D eigenvalue weighted by Crippen LogP contribution is 2.13. The molecule has 0 bridgehead atoms. The van der Waals surface area contributed by atoms with Crippen molar-refractivity contribution in [1.82, 2.24) is 4.90 Å². The van der Waals surface area contributed by atoms with Crippen molar-refractivity contribution in [3.05, 3.63) is 35.9 Å². The molecule has 0 unspecified atom stereocenters. The number of methoxy groups -OCH3 is 1. The molecule has 0 saturated carbocycles. The first kappa shape index (κ1) is 17.8. The molecule has 120 valence electrons. The van der Waals surface area contributed by atoms with Crippen LogP contribution >= 0.6 is 0 Å². The minimum absolute atomic E-state index is 0.130. The Kier molecular flexibility index (Phi) is 7.75. The SMILES string of the molecule is CCOC(=O)CCN(CC)C(=O)/C=C/c1cccc(OC)c1. The molecule has 0 saturated heterocycles. The van der Waals surface area contributed by atoms with E-state index in [1.54, 1.807) is 25.0 Å². The lowest BCUT2D eigenvalue weighted by molar-refractivity contribution is -0.143. The van der Waals surface area contributed by atoms with E-state index in [-0.39, 0.29) is 18.3 Å². The second-order valence-electron chi connectivity index (χ2n) is 4.58. The zero-order valence-electron chi connectivity index (χ0n) is 13.4. The van der Waals surface area contributed by atoms with Gasteiger partial charge in [0.05, 0.1) is 20.1 Å². The van der Waals surface area contributed by atoms with Crippen molar-refractivity contribution in [3.63, 3.8) is 0 Å². The number of hydrogen-bond donors (Lipinski definition) is 0. The first-order chi connectivity index (χ1) is 10.6. The number of esters is 1. The van der Waals surface area contributed by atoms with Crippen LogP contribution in [0.2, 0.25) is 0 Å². The Morgan fingerprint density at radius 1 is 1.27 bits per heavy atom. The molecule has 5 heteroatoms. The van der Waals surface area contributed by atoms with Crippen LogP contribution in [-0.2, 0) is 14.3 Å². The molecule has 1 rings (SSSR count). The summed E-state index contributed by atoms with van der Waals surface area (Å²) in [6.45, 7) is 4.89. The topological polar surface area (TPSA) is 55.8 Å². The molecule has 1 aromatic rings. The fourth-order valence-electron chi connectivity index (χ4n) is 1.90. The number of carbonyl (C=O) groups is 2. The number of likely N-dealkylation sites (N-methyl/N-ethyl adjacent to an activating group) is 1. The van der Waals surface area contributed by atoms with E-state index in [0.29, 0.717) is 19.7 Å². The molecule has 22 heavy (non-hydrogen) atoms. The van der Waals surface area contributed by atoms with Gasteiger partial charge in [-0.1, -0.05) is 12.1 Å². The molecule has 0 fully saturated rings. The molecule has 1 amide bonds. The molecule has 1 aromatic carbocycles. The number of ether oxygens (including phenoxy) is 2. The predicted octanol–water partition coefficient (Wildman–Crippen LogP) is 2.51. The first-order valence-corrected chi connectivity index (χ1v) is 7.37. The predicted molar refractivity (Wildman–Crippen MR) is 85.5 cm³/mol. The Bertz CT molecular complexity index is 525.